The van der Waals surface area contributed by atoms with Crippen LogP contribution in [-0.2, 0) is 12.7 Å². The van der Waals surface area contributed by atoms with Crippen LogP contribution >= 0.6 is 0 Å². The van der Waals surface area contributed by atoms with E-state index in [1.165, 1.54) is 12.5 Å². The van der Waals surface area contributed by atoms with Crippen LogP contribution in [0.15, 0.2) is 29.7 Å². The van der Waals surface area contributed by atoms with Crippen LogP contribution in [0.4, 0.5) is 19.0 Å². The maximum Gasteiger partial charge on any atom is 0.433 e. The Balaban J connectivity index is 1.64. The van der Waals surface area contributed by atoms with Crippen molar-refractivity contribution in [2.24, 2.45) is 5.92 Å². The fourth-order valence-corrected chi connectivity index (χ4v) is 2.99. The van der Waals surface area contributed by atoms with Crippen molar-refractivity contribution in [1.82, 2.24) is 19.5 Å². The molecule has 2 aromatic rings. The lowest BCUT2D eigenvalue weighted by molar-refractivity contribution is -0.141. The largest absolute Gasteiger partial charge is 0.433 e. The topological polar surface area (TPSA) is 63.9 Å². The number of aromatic nitrogens is 4. The van der Waals surface area contributed by atoms with Crippen LogP contribution in [0.5, 0.6) is 0 Å². The van der Waals surface area contributed by atoms with Crippen molar-refractivity contribution in [1.29, 1.82) is 0 Å². The fourth-order valence-electron chi connectivity index (χ4n) is 2.99. The van der Waals surface area contributed by atoms with E-state index in [9.17, 15) is 18.0 Å². The standard InChI is InChI=1S/C16H18F3N5O/c1-11-7-20-10-24(15(11)25)8-12-2-4-23(5-3-12)14-6-13(16(17,18)19)21-9-22-14/h6-7,9-10,12H,2-5,8H2,1H3. The molecule has 0 amide bonds. The number of nitrogens with zero attached hydrogens (tertiary/aromatic N) is 5. The van der Waals surface area contributed by atoms with Crippen molar-refractivity contribution >= 4 is 5.82 Å². The van der Waals surface area contributed by atoms with Gasteiger partial charge in [0.05, 0.1) is 6.33 Å². The summed E-state index contributed by atoms with van der Waals surface area (Å²) in [6, 6.07) is 0.981. The molecule has 3 heterocycles. The summed E-state index contributed by atoms with van der Waals surface area (Å²) in [5.41, 5.74) is -0.388. The maximum atomic E-state index is 12.8. The summed E-state index contributed by atoms with van der Waals surface area (Å²) in [5, 5.41) is 0. The van der Waals surface area contributed by atoms with Crippen molar-refractivity contribution in [2.45, 2.75) is 32.5 Å². The number of aryl methyl sites for hydroxylation is 1. The molecular weight excluding hydrogens is 335 g/mol. The summed E-state index contributed by atoms with van der Waals surface area (Å²) in [4.78, 5) is 25.2. The van der Waals surface area contributed by atoms with Crippen LogP contribution in [0.2, 0.25) is 0 Å². The Morgan fingerprint density at radius 1 is 1.24 bits per heavy atom. The van der Waals surface area contributed by atoms with Crippen molar-refractivity contribution in [2.75, 3.05) is 18.0 Å². The summed E-state index contributed by atoms with van der Waals surface area (Å²) in [6.07, 6.45) is 1.07. The van der Waals surface area contributed by atoms with Gasteiger partial charge in [-0.3, -0.25) is 9.36 Å². The summed E-state index contributed by atoms with van der Waals surface area (Å²) in [6.45, 7) is 3.47. The van der Waals surface area contributed by atoms with Gasteiger partial charge in [-0.2, -0.15) is 13.2 Å². The molecule has 134 valence electrons. The zero-order valence-electron chi connectivity index (χ0n) is 13.7. The van der Waals surface area contributed by atoms with Gasteiger partial charge in [-0.05, 0) is 25.7 Å². The lowest BCUT2D eigenvalue weighted by Crippen LogP contribution is -2.37. The van der Waals surface area contributed by atoms with E-state index in [0.29, 0.717) is 25.2 Å². The van der Waals surface area contributed by atoms with Gasteiger partial charge in [-0.1, -0.05) is 0 Å². The molecule has 0 radical (unpaired) electrons. The van der Waals surface area contributed by atoms with Crippen LogP contribution < -0.4 is 10.5 Å². The highest BCUT2D eigenvalue weighted by Crippen LogP contribution is 2.30. The number of hydrogen-bond acceptors (Lipinski definition) is 5. The molecular formula is C16H18F3N5O. The van der Waals surface area contributed by atoms with E-state index >= 15 is 0 Å². The van der Waals surface area contributed by atoms with Crippen LogP contribution in [0.3, 0.4) is 0 Å². The number of piperidine rings is 1. The third-order valence-corrected chi connectivity index (χ3v) is 4.41. The van der Waals surface area contributed by atoms with Crippen molar-refractivity contribution in [3.05, 3.63) is 46.5 Å². The van der Waals surface area contributed by atoms with E-state index in [2.05, 4.69) is 15.0 Å². The predicted octanol–water partition coefficient (Wildman–Crippen LogP) is 2.28. The second kappa shape index (κ2) is 6.81. The molecule has 3 rings (SSSR count). The van der Waals surface area contributed by atoms with Gasteiger partial charge in [0, 0.05) is 37.5 Å². The second-order valence-corrected chi connectivity index (χ2v) is 6.22. The van der Waals surface area contributed by atoms with Crippen molar-refractivity contribution < 1.29 is 13.2 Å². The molecule has 2 aromatic heterocycles. The van der Waals surface area contributed by atoms with E-state index in [4.69, 9.17) is 0 Å². The first-order valence-corrected chi connectivity index (χ1v) is 8.00. The SMILES string of the molecule is Cc1cncn(CC2CCN(c3cc(C(F)(F)F)ncn3)CC2)c1=O. The molecule has 1 aliphatic heterocycles. The van der Waals surface area contributed by atoms with Crippen LogP contribution in [0.1, 0.15) is 24.1 Å². The quantitative estimate of drug-likeness (QED) is 0.847. The zero-order valence-corrected chi connectivity index (χ0v) is 13.7. The molecule has 0 unspecified atom stereocenters. The third-order valence-electron chi connectivity index (χ3n) is 4.41. The molecule has 0 atom stereocenters. The Morgan fingerprint density at radius 2 is 1.96 bits per heavy atom. The molecule has 0 aromatic carbocycles. The van der Waals surface area contributed by atoms with E-state index in [0.717, 1.165) is 25.2 Å². The minimum absolute atomic E-state index is 0.0527. The Bertz CT molecular complexity index is 797. The number of hydrogen-bond donors (Lipinski definition) is 0. The second-order valence-electron chi connectivity index (χ2n) is 6.22. The number of alkyl halides is 3. The molecule has 0 aliphatic carbocycles. The van der Waals surface area contributed by atoms with Gasteiger partial charge < -0.3 is 4.90 Å². The predicted molar refractivity (Wildman–Crippen MR) is 85.2 cm³/mol. The smallest absolute Gasteiger partial charge is 0.356 e. The average Bonchev–Trinajstić information content (AvgIpc) is 2.59. The van der Waals surface area contributed by atoms with E-state index in [-0.39, 0.29) is 17.3 Å². The highest BCUT2D eigenvalue weighted by molar-refractivity contribution is 5.39. The Hall–Kier alpha value is -2.45. The molecule has 0 bridgehead atoms. The first-order chi connectivity index (χ1) is 11.8. The van der Waals surface area contributed by atoms with Gasteiger partial charge in [0.25, 0.3) is 5.56 Å². The highest BCUT2D eigenvalue weighted by atomic mass is 19.4. The van der Waals surface area contributed by atoms with E-state index in [1.54, 1.807) is 11.5 Å². The monoisotopic (exact) mass is 353 g/mol. The number of rotatable bonds is 3. The minimum atomic E-state index is -4.48. The van der Waals surface area contributed by atoms with Gasteiger partial charge >= 0.3 is 6.18 Å². The van der Waals surface area contributed by atoms with Gasteiger partial charge in [-0.15, -0.1) is 0 Å². The van der Waals surface area contributed by atoms with Gasteiger partial charge in [0.15, 0.2) is 0 Å². The van der Waals surface area contributed by atoms with Gasteiger partial charge in [0.2, 0.25) is 0 Å². The van der Waals surface area contributed by atoms with E-state index in [1.807, 2.05) is 4.90 Å². The summed E-state index contributed by atoms with van der Waals surface area (Å²) >= 11 is 0. The average molecular weight is 353 g/mol. The molecule has 1 saturated heterocycles. The van der Waals surface area contributed by atoms with Crippen molar-refractivity contribution in [3.63, 3.8) is 0 Å². The number of anilines is 1. The lowest BCUT2D eigenvalue weighted by Gasteiger charge is -2.33. The third kappa shape index (κ3) is 3.97. The first-order valence-electron chi connectivity index (χ1n) is 8.00. The van der Waals surface area contributed by atoms with E-state index < -0.39 is 11.9 Å². The Kier molecular flexibility index (Phi) is 4.73. The number of halogens is 3. The molecule has 1 fully saturated rings. The molecule has 1 aliphatic rings. The van der Waals surface area contributed by atoms with Crippen LogP contribution in [0.25, 0.3) is 0 Å². The fraction of sp³-hybridized carbons (Fsp3) is 0.500. The molecule has 0 saturated carbocycles. The molecule has 9 heteroatoms. The minimum Gasteiger partial charge on any atom is -0.356 e. The van der Waals surface area contributed by atoms with Crippen molar-refractivity contribution in [3.8, 4) is 0 Å². The lowest BCUT2D eigenvalue weighted by atomic mass is 9.96. The highest BCUT2D eigenvalue weighted by Gasteiger charge is 2.33. The van der Waals surface area contributed by atoms with Crippen LogP contribution in [0, 0.1) is 12.8 Å². The first kappa shape index (κ1) is 17.4. The van der Waals surface area contributed by atoms with Crippen LogP contribution in [-0.4, -0.2) is 32.6 Å². The molecule has 0 N–H and O–H groups in total. The Labute approximate surface area is 142 Å². The summed E-state index contributed by atoms with van der Waals surface area (Å²) in [5.74, 6) is 0.566. The Morgan fingerprint density at radius 3 is 2.64 bits per heavy atom. The summed E-state index contributed by atoms with van der Waals surface area (Å²) in [7, 11) is 0. The van der Waals surface area contributed by atoms with Gasteiger partial charge in [0.1, 0.15) is 17.8 Å². The zero-order chi connectivity index (χ0) is 18.0. The normalized spacial score (nSPS) is 16.2. The molecule has 25 heavy (non-hydrogen) atoms. The summed E-state index contributed by atoms with van der Waals surface area (Å²) < 4.78 is 39.9. The molecule has 0 spiro atoms. The van der Waals surface area contributed by atoms with Gasteiger partial charge in [-0.25, -0.2) is 15.0 Å². The maximum absolute atomic E-state index is 12.8. The molecule has 6 nitrogen and oxygen atoms in total.